The maximum absolute atomic E-state index is 5.84. The van der Waals surface area contributed by atoms with E-state index in [1.807, 2.05) is 26.5 Å². The molecule has 0 fully saturated rings. The van der Waals surface area contributed by atoms with Gasteiger partial charge in [0, 0.05) is 37.7 Å². The van der Waals surface area contributed by atoms with Gasteiger partial charge in [0.2, 0.25) is 5.78 Å². The molecule has 0 unspecified atom stereocenters. The zero-order valence-electron chi connectivity index (χ0n) is 10.9. The zero-order chi connectivity index (χ0) is 13.4. The van der Waals surface area contributed by atoms with Crippen molar-refractivity contribution in [1.82, 2.24) is 14.4 Å². The summed E-state index contributed by atoms with van der Waals surface area (Å²) in [6.07, 6.45) is 5.38. The third kappa shape index (κ3) is 1.99. The Balaban J connectivity index is 2.05. The van der Waals surface area contributed by atoms with Crippen LogP contribution in [0.15, 0.2) is 42.9 Å². The van der Waals surface area contributed by atoms with E-state index in [1.165, 1.54) is 5.69 Å². The number of rotatable bonds is 2. The van der Waals surface area contributed by atoms with Crippen LogP contribution in [0, 0.1) is 0 Å². The first kappa shape index (κ1) is 11.5. The van der Waals surface area contributed by atoms with E-state index in [2.05, 4.69) is 39.1 Å². The van der Waals surface area contributed by atoms with Gasteiger partial charge >= 0.3 is 0 Å². The minimum absolute atomic E-state index is 0.592. The number of aromatic nitrogens is 3. The van der Waals surface area contributed by atoms with Crippen LogP contribution < -0.4 is 10.6 Å². The molecule has 1 aromatic carbocycles. The molecule has 0 radical (unpaired) electrons. The summed E-state index contributed by atoms with van der Waals surface area (Å²) in [6, 6.07) is 8.31. The van der Waals surface area contributed by atoms with Crippen LogP contribution in [-0.2, 0) is 0 Å². The van der Waals surface area contributed by atoms with Crippen LogP contribution in [0.3, 0.4) is 0 Å². The summed E-state index contributed by atoms with van der Waals surface area (Å²) in [7, 11) is 4.05. The van der Waals surface area contributed by atoms with E-state index in [1.54, 1.807) is 10.6 Å². The maximum Gasteiger partial charge on any atom is 0.235 e. The average Bonchev–Trinajstić information content (AvgIpc) is 2.80. The molecule has 3 aromatic rings. The Hall–Kier alpha value is -2.56. The van der Waals surface area contributed by atoms with Crippen molar-refractivity contribution in [2.75, 3.05) is 24.7 Å². The van der Waals surface area contributed by atoms with Crippen LogP contribution >= 0.6 is 0 Å². The molecule has 0 spiro atoms. The van der Waals surface area contributed by atoms with Gasteiger partial charge in [-0.15, -0.1) is 0 Å². The molecule has 0 atom stereocenters. The minimum Gasteiger partial charge on any atom is -0.383 e. The van der Waals surface area contributed by atoms with Crippen LogP contribution in [-0.4, -0.2) is 28.5 Å². The normalized spacial score (nSPS) is 10.8. The second kappa shape index (κ2) is 4.28. The molecule has 19 heavy (non-hydrogen) atoms. The Kier molecular flexibility index (Phi) is 2.59. The van der Waals surface area contributed by atoms with Crippen LogP contribution in [0.5, 0.6) is 0 Å². The summed E-state index contributed by atoms with van der Waals surface area (Å²) in [4.78, 5) is 10.5. The highest BCUT2D eigenvalue weighted by Gasteiger charge is 2.04. The molecule has 0 aliphatic carbocycles. The predicted octanol–water partition coefficient (Wildman–Crippen LogP) is 2.04. The van der Waals surface area contributed by atoms with E-state index < -0.39 is 0 Å². The van der Waals surface area contributed by atoms with E-state index in [-0.39, 0.29) is 0 Å². The molecular formula is C14H15N5. The molecule has 3 rings (SSSR count). The first-order chi connectivity index (χ1) is 9.15. The lowest BCUT2D eigenvalue weighted by Crippen LogP contribution is -2.07. The summed E-state index contributed by atoms with van der Waals surface area (Å²) in [5.74, 6) is 1.21. The molecule has 0 bridgehead atoms. The lowest BCUT2D eigenvalue weighted by molar-refractivity contribution is 1.12. The Morgan fingerprint density at radius 1 is 1.00 bits per heavy atom. The lowest BCUT2D eigenvalue weighted by atomic mass is 10.1. The van der Waals surface area contributed by atoms with Crippen LogP contribution in [0.4, 0.5) is 11.5 Å². The molecular weight excluding hydrogens is 238 g/mol. The maximum atomic E-state index is 5.84. The van der Waals surface area contributed by atoms with Crippen LogP contribution in [0.1, 0.15) is 0 Å². The van der Waals surface area contributed by atoms with Crippen molar-refractivity contribution in [2.45, 2.75) is 0 Å². The van der Waals surface area contributed by atoms with Gasteiger partial charge in [-0.05, 0) is 17.7 Å². The topological polar surface area (TPSA) is 59.5 Å². The summed E-state index contributed by atoms with van der Waals surface area (Å²) < 4.78 is 1.79. The standard InChI is InChI=1S/C14H15N5/c1-18(2)12-5-3-10(4-6-12)11-7-16-14-17-8-13(15)19(14)9-11/h3-9H,15H2,1-2H3. The summed E-state index contributed by atoms with van der Waals surface area (Å²) in [5, 5.41) is 0. The number of hydrogen-bond acceptors (Lipinski definition) is 4. The Labute approximate surface area is 111 Å². The smallest absolute Gasteiger partial charge is 0.235 e. The monoisotopic (exact) mass is 253 g/mol. The molecule has 0 amide bonds. The Morgan fingerprint density at radius 3 is 2.37 bits per heavy atom. The number of benzene rings is 1. The van der Waals surface area contributed by atoms with Gasteiger partial charge in [0.15, 0.2) is 0 Å². The van der Waals surface area contributed by atoms with Crippen molar-refractivity contribution in [3.63, 3.8) is 0 Å². The highest BCUT2D eigenvalue weighted by Crippen LogP contribution is 2.22. The molecule has 0 saturated heterocycles. The van der Waals surface area contributed by atoms with Gasteiger partial charge in [-0.3, -0.25) is 4.40 Å². The highest BCUT2D eigenvalue weighted by molar-refractivity contribution is 5.66. The molecule has 96 valence electrons. The average molecular weight is 253 g/mol. The van der Waals surface area contributed by atoms with Crippen molar-refractivity contribution < 1.29 is 0 Å². The first-order valence-electron chi connectivity index (χ1n) is 6.01. The van der Waals surface area contributed by atoms with Crippen LogP contribution in [0.2, 0.25) is 0 Å². The zero-order valence-corrected chi connectivity index (χ0v) is 10.9. The fourth-order valence-electron chi connectivity index (χ4n) is 1.99. The van der Waals surface area contributed by atoms with Gasteiger partial charge < -0.3 is 10.6 Å². The number of anilines is 2. The number of hydrogen-bond donors (Lipinski definition) is 1. The number of nitrogens with two attached hydrogens (primary N) is 1. The van der Waals surface area contributed by atoms with Crippen molar-refractivity contribution in [2.24, 2.45) is 0 Å². The summed E-state index contributed by atoms with van der Waals surface area (Å²) >= 11 is 0. The van der Waals surface area contributed by atoms with Crippen molar-refractivity contribution >= 4 is 17.3 Å². The van der Waals surface area contributed by atoms with Gasteiger partial charge in [-0.2, -0.15) is 0 Å². The Morgan fingerprint density at radius 2 is 1.68 bits per heavy atom. The predicted molar refractivity (Wildman–Crippen MR) is 77.2 cm³/mol. The molecule has 2 aromatic heterocycles. The molecule has 2 heterocycles. The summed E-state index contributed by atoms with van der Waals surface area (Å²) in [6.45, 7) is 0. The third-order valence-corrected chi connectivity index (χ3v) is 3.11. The second-order valence-electron chi connectivity index (χ2n) is 4.64. The van der Waals surface area contributed by atoms with Gasteiger partial charge in [0.1, 0.15) is 5.82 Å². The van der Waals surface area contributed by atoms with E-state index in [9.17, 15) is 0 Å². The molecule has 2 N–H and O–H groups in total. The van der Waals surface area contributed by atoms with E-state index >= 15 is 0 Å². The van der Waals surface area contributed by atoms with Gasteiger partial charge in [-0.25, -0.2) is 9.97 Å². The van der Waals surface area contributed by atoms with Crippen LogP contribution in [0.25, 0.3) is 16.9 Å². The molecule has 0 aliphatic heterocycles. The first-order valence-corrected chi connectivity index (χ1v) is 6.01. The van der Waals surface area contributed by atoms with E-state index in [0.717, 1.165) is 11.1 Å². The SMILES string of the molecule is CN(C)c1ccc(-c2cnc3ncc(N)n3c2)cc1. The molecule has 0 saturated carbocycles. The largest absolute Gasteiger partial charge is 0.383 e. The van der Waals surface area contributed by atoms with Crippen molar-refractivity contribution in [3.8, 4) is 11.1 Å². The van der Waals surface area contributed by atoms with Gasteiger partial charge in [-0.1, -0.05) is 12.1 Å². The molecule has 0 aliphatic rings. The van der Waals surface area contributed by atoms with E-state index in [0.29, 0.717) is 11.6 Å². The fourth-order valence-corrected chi connectivity index (χ4v) is 1.99. The van der Waals surface area contributed by atoms with Gasteiger partial charge in [0.05, 0.1) is 6.20 Å². The second-order valence-corrected chi connectivity index (χ2v) is 4.64. The molecule has 5 nitrogen and oxygen atoms in total. The molecule has 5 heteroatoms. The number of nitrogen functional groups attached to an aromatic ring is 1. The third-order valence-electron chi connectivity index (χ3n) is 3.11. The quantitative estimate of drug-likeness (QED) is 0.759. The Bertz CT molecular complexity index is 712. The van der Waals surface area contributed by atoms with Crippen molar-refractivity contribution in [3.05, 3.63) is 42.9 Å². The fraction of sp³-hybridized carbons (Fsp3) is 0.143. The lowest BCUT2D eigenvalue weighted by Gasteiger charge is -2.12. The highest BCUT2D eigenvalue weighted by atomic mass is 15.1. The minimum atomic E-state index is 0.592. The number of imidazole rings is 1. The van der Waals surface area contributed by atoms with Crippen molar-refractivity contribution in [1.29, 1.82) is 0 Å². The van der Waals surface area contributed by atoms with E-state index in [4.69, 9.17) is 5.73 Å². The number of nitrogens with zero attached hydrogens (tertiary/aromatic N) is 4. The number of fused-ring (bicyclic) bond motifs is 1. The van der Waals surface area contributed by atoms with Gasteiger partial charge in [0.25, 0.3) is 0 Å². The summed E-state index contributed by atoms with van der Waals surface area (Å²) in [5.41, 5.74) is 9.13.